The summed E-state index contributed by atoms with van der Waals surface area (Å²) in [4.78, 5) is 2.09. The molecule has 2 nitrogen and oxygen atoms in total. The fraction of sp³-hybridized carbons (Fsp3) is 0.545. The van der Waals surface area contributed by atoms with E-state index in [0.29, 0.717) is 0 Å². The van der Waals surface area contributed by atoms with Gasteiger partial charge in [0.2, 0.25) is 0 Å². The van der Waals surface area contributed by atoms with Crippen LogP contribution in [0.4, 0.5) is 0 Å². The smallest absolute Gasteiger partial charge is 0.0799 e. The lowest BCUT2D eigenvalue weighted by molar-refractivity contribution is 0.188. The third-order valence-electron chi connectivity index (χ3n) is 2.15. The fourth-order valence-corrected chi connectivity index (χ4v) is 1.32. The lowest BCUT2D eigenvalue weighted by Gasteiger charge is -2.16. The molecule has 13 heavy (non-hydrogen) atoms. The van der Waals surface area contributed by atoms with Crippen LogP contribution in [0.25, 0.3) is 0 Å². The predicted molar refractivity (Wildman–Crippen MR) is 55.3 cm³/mol. The van der Waals surface area contributed by atoms with Crippen molar-refractivity contribution in [2.75, 3.05) is 20.6 Å². The summed E-state index contributed by atoms with van der Waals surface area (Å²) in [6, 6.07) is 0. The zero-order chi connectivity index (χ0) is 9.68. The highest BCUT2D eigenvalue weighted by Crippen LogP contribution is 2.14. The molecule has 1 atom stereocenters. The quantitative estimate of drug-likeness (QED) is 0.706. The Kier molecular flexibility index (Phi) is 4.19. The van der Waals surface area contributed by atoms with Crippen molar-refractivity contribution in [3.63, 3.8) is 0 Å². The summed E-state index contributed by atoms with van der Waals surface area (Å²) in [5.41, 5.74) is 1.06. The molecule has 0 aromatic heterocycles. The van der Waals surface area contributed by atoms with Crippen molar-refractivity contribution >= 4 is 0 Å². The largest absolute Gasteiger partial charge is 0.388 e. The minimum atomic E-state index is -0.299. The number of rotatable bonds is 4. The summed E-state index contributed by atoms with van der Waals surface area (Å²) in [7, 11) is 4.04. The van der Waals surface area contributed by atoms with E-state index in [1.807, 2.05) is 26.2 Å². The van der Waals surface area contributed by atoms with Gasteiger partial charge in [-0.1, -0.05) is 18.2 Å². The molecule has 1 radical (unpaired) electrons. The second-order valence-electron chi connectivity index (χ2n) is 3.64. The third-order valence-corrected chi connectivity index (χ3v) is 2.15. The highest BCUT2D eigenvalue weighted by molar-refractivity contribution is 5.29. The molecule has 0 aliphatic heterocycles. The van der Waals surface area contributed by atoms with Gasteiger partial charge in [0.25, 0.3) is 0 Å². The molecule has 0 aromatic carbocycles. The molecule has 0 heterocycles. The van der Waals surface area contributed by atoms with Crippen LogP contribution in [0, 0.1) is 6.42 Å². The van der Waals surface area contributed by atoms with E-state index in [-0.39, 0.29) is 6.10 Å². The number of nitrogens with zero attached hydrogens (tertiary/aromatic N) is 1. The first kappa shape index (κ1) is 10.5. The van der Waals surface area contributed by atoms with E-state index in [2.05, 4.69) is 17.4 Å². The fourth-order valence-electron chi connectivity index (χ4n) is 1.32. The van der Waals surface area contributed by atoms with Gasteiger partial charge in [0, 0.05) is 6.54 Å². The monoisotopic (exact) mass is 180 g/mol. The van der Waals surface area contributed by atoms with Gasteiger partial charge in [0.15, 0.2) is 0 Å². The Bertz CT molecular complexity index is 206. The van der Waals surface area contributed by atoms with Crippen molar-refractivity contribution < 1.29 is 5.11 Å². The van der Waals surface area contributed by atoms with E-state index < -0.39 is 0 Å². The average molecular weight is 180 g/mol. The molecule has 0 bridgehead atoms. The van der Waals surface area contributed by atoms with E-state index in [9.17, 15) is 5.11 Å². The van der Waals surface area contributed by atoms with Crippen LogP contribution in [0.3, 0.4) is 0 Å². The van der Waals surface area contributed by atoms with Crippen molar-refractivity contribution in [2.24, 2.45) is 0 Å². The molecule has 2 heteroatoms. The molecule has 0 fully saturated rings. The van der Waals surface area contributed by atoms with Gasteiger partial charge in [-0.3, -0.25) is 0 Å². The number of allylic oxidation sites excluding steroid dienone is 2. The van der Waals surface area contributed by atoms with Crippen LogP contribution in [0.15, 0.2) is 23.8 Å². The van der Waals surface area contributed by atoms with E-state index >= 15 is 0 Å². The van der Waals surface area contributed by atoms with E-state index in [4.69, 9.17) is 0 Å². The molecule has 1 unspecified atom stereocenters. The van der Waals surface area contributed by atoms with Crippen molar-refractivity contribution in [1.29, 1.82) is 0 Å². The molecular formula is C11H18NO. The Morgan fingerprint density at radius 1 is 1.54 bits per heavy atom. The first-order chi connectivity index (χ1) is 6.20. The van der Waals surface area contributed by atoms with Gasteiger partial charge < -0.3 is 10.0 Å². The SMILES string of the molecule is CN(C)CCC(O)C1=CC[CH]C=C1. The standard InChI is InChI=1S/C11H18NO/c1-12(2)9-8-11(13)10-6-4-3-5-7-10/h3-4,6-7,11,13H,5,8-9H2,1-2H3. The van der Waals surface area contributed by atoms with Gasteiger partial charge in [0.05, 0.1) is 6.10 Å². The molecule has 1 N–H and O–H groups in total. The molecule has 1 aliphatic rings. The maximum Gasteiger partial charge on any atom is 0.0799 e. The summed E-state index contributed by atoms with van der Waals surface area (Å²) < 4.78 is 0. The van der Waals surface area contributed by atoms with Crippen molar-refractivity contribution in [3.8, 4) is 0 Å². The van der Waals surface area contributed by atoms with Gasteiger partial charge in [-0.2, -0.15) is 0 Å². The Morgan fingerprint density at radius 3 is 2.85 bits per heavy atom. The zero-order valence-electron chi connectivity index (χ0n) is 8.40. The molecule has 73 valence electrons. The van der Waals surface area contributed by atoms with Gasteiger partial charge in [-0.05, 0) is 38.9 Å². The minimum absolute atomic E-state index is 0.299. The van der Waals surface area contributed by atoms with Crippen molar-refractivity contribution in [3.05, 3.63) is 30.2 Å². The summed E-state index contributed by atoms with van der Waals surface area (Å²) >= 11 is 0. The molecule has 0 aromatic rings. The highest BCUT2D eigenvalue weighted by atomic mass is 16.3. The van der Waals surface area contributed by atoms with Crippen LogP contribution in [-0.2, 0) is 0 Å². The maximum atomic E-state index is 9.76. The molecule has 0 spiro atoms. The maximum absolute atomic E-state index is 9.76. The van der Waals surface area contributed by atoms with Crippen LogP contribution >= 0.6 is 0 Å². The molecule has 0 amide bonds. The van der Waals surface area contributed by atoms with E-state index in [1.54, 1.807) is 0 Å². The number of aliphatic hydroxyl groups excluding tert-OH is 1. The topological polar surface area (TPSA) is 23.5 Å². The molecular weight excluding hydrogens is 162 g/mol. The summed E-state index contributed by atoms with van der Waals surface area (Å²) in [6.07, 6.45) is 9.63. The third kappa shape index (κ3) is 3.75. The molecule has 1 rings (SSSR count). The molecule has 1 aliphatic carbocycles. The summed E-state index contributed by atoms with van der Waals surface area (Å²) in [5.74, 6) is 0. The summed E-state index contributed by atoms with van der Waals surface area (Å²) in [5, 5.41) is 9.76. The Morgan fingerprint density at radius 2 is 2.31 bits per heavy atom. The van der Waals surface area contributed by atoms with Crippen LogP contribution in [0.1, 0.15) is 12.8 Å². The Balaban J connectivity index is 2.34. The summed E-state index contributed by atoms with van der Waals surface area (Å²) in [6.45, 7) is 0.927. The number of hydrogen-bond donors (Lipinski definition) is 1. The van der Waals surface area contributed by atoms with Gasteiger partial charge in [-0.15, -0.1) is 0 Å². The van der Waals surface area contributed by atoms with Crippen molar-refractivity contribution in [1.82, 2.24) is 4.90 Å². The first-order valence-corrected chi connectivity index (χ1v) is 4.73. The van der Waals surface area contributed by atoms with Crippen LogP contribution in [0.2, 0.25) is 0 Å². The highest BCUT2D eigenvalue weighted by Gasteiger charge is 2.09. The molecule has 0 saturated carbocycles. The average Bonchev–Trinajstić information content (AvgIpc) is 2.15. The normalized spacial score (nSPS) is 18.9. The number of hydrogen-bond acceptors (Lipinski definition) is 2. The van der Waals surface area contributed by atoms with Gasteiger partial charge >= 0.3 is 0 Å². The Labute approximate surface area is 80.6 Å². The second kappa shape index (κ2) is 5.20. The minimum Gasteiger partial charge on any atom is -0.388 e. The first-order valence-electron chi connectivity index (χ1n) is 4.73. The lowest BCUT2D eigenvalue weighted by Crippen LogP contribution is -2.20. The van der Waals surface area contributed by atoms with Crippen molar-refractivity contribution in [2.45, 2.75) is 18.9 Å². The van der Waals surface area contributed by atoms with Crippen LogP contribution in [-0.4, -0.2) is 36.8 Å². The van der Waals surface area contributed by atoms with Gasteiger partial charge in [-0.25, -0.2) is 0 Å². The Hall–Kier alpha value is -0.600. The van der Waals surface area contributed by atoms with E-state index in [0.717, 1.165) is 25.0 Å². The molecule has 0 saturated heterocycles. The van der Waals surface area contributed by atoms with Crippen LogP contribution < -0.4 is 0 Å². The second-order valence-corrected chi connectivity index (χ2v) is 3.64. The van der Waals surface area contributed by atoms with E-state index in [1.165, 1.54) is 0 Å². The zero-order valence-corrected chi connectivity index (χ0v) is 8.40. The van der Waals surface area contributed by atoms with Gasteiger partial charge in [0.1, 0.15) is 0 Å². The van der Waals surface area contributed by atoms with Crippen LogP contribution in [0.5, 0.6) is 0 Å². The predicted octanol–water partition coefficient (Wildman–Crippen LogP) is 1.39. The lowest BCUT2D eigenvalue weighted by atomic mass is 10.0. The number of aliphatic hydroxyl groups is 1.